The molecule has 4 aromatic heterocycles. The van der Waals surface area contributed by atoms with Crippen molar-refractivity contribution in [2.45, 2.75) is 0 Å². The van der Waals surface area contributed by atoms with E-state index in [1.165, 1.54) is 32.6 Å². The van der Waals surface area contributed by atoms with Crippen LogP contribution in [0.5, 0.6) is 11.5 Å². The highest BCUT2D eigenvalue weighted by Crippen LogP contribution is 2.46. The Labute approximate surface area is 323 Å². The van der Waals surface area contributed by atoms with Crippen molar-refractivity contribution in [3.63, 3.8) is 0 Å². The predicted octanol–water partition coefficient (Wildman–Crippen LogP) is 8.49. The zero-order valence-corrected chi connectivity index (χ0v) is 29.8. The standard InChI is InChI=1S/C48H26B3N3O2/c49-42-46(43(50)48(56)44(51)47(42)55)54-35-16-7-5-12-30(35)40-38(54)21-22-39-41(40)31-14-8-13-29-33-24-26(18-20-37(33)53(39)45(29)31)25-17-19-36-32(23-25)28-11-4-6-15-34(28)52(36)27-9-2-1-3-10-27/h1-24,55-56H. The molecule has 0 aliphatic rings. The molecule has 0 amide bonds. The van der Waals surface area contributed by atoms with Crippen LogP contribution in [0.1, 0.15) is 0 Å². The fraction of sp³-hybridized carbons (Fsp3) is 0. The van der Waals surface area contributed by atoms with Gasteiger partial charge in [-0.25, -0.2) is 0 Å². The summed E-state index contributed by atoms with van der Waals surface area (Å²) >= 11 is 0. The number of rotatable bonds is 3. The highest BCUT2D eigenvalue weighted by Gasteiger charge is 2.25. The van der Waals surface area contributed by atoms with Gasteiger partial charge in [0, 0.05) is 54.5 Å². The van der Waals surface area contributed by atoms with Crippen LogP contribution < -0.4 is 16.4 Å². The monoisotopic (exact) mass is 709 g/mol. The molecule has 12 aromatic rings. The molecule has 8 heteroatoms. The molecule has 0 saturated carbocycles. The molecule has 0 bridgehead atoms. The molecule has 0 saturated heterocycles. The van der Waals surface area contributed by atoms with Crippen molar-refractivity contribution in [3.8, 4) is 34.0 Å². The molecule has 0 spiro atoms. The third-order valence-electron chi connectivity index (χ3n) is 11.9. The number of aromatic nitrogens is 3. The highest BCUT2D eigenvalue weighted by molar-refractivity contribution is 6.51. The van der Waals surface area contributed by atoms with Crippen molar-refractivity contribution in [2.75, 3.05) is 0 Å². The molecule has 254 valence electrons. The summed E-state index contributed by atoms with van der Waals surface area (Å²) in [6.45, 7) is 0. The highest BCUT2D eigenvalue weighted by atomic mass is 16.3. The molecule has 0 fully saturated rings. The molecule has 5 nitrogen and oxygen atoms in total. The molecule has 0 aliphatic carbocycles. The van der Waals surface area contributed by atoms with Gasteiger partial charge in [-0.05, 0) is 88.2 Å². The van der Waals surface area contributed by atoms with E-state index in [-0.39, 0.29) is 22.1 Å². The van der Waals surface area contributed by atoms with E-state index in [2.05, 4.69) is 136 Å². The summed E-state index contributed by atoms with van der Waals surface area (Å²) < 4.78 is 6.64. The van der Waals surface area contributed by atoms with Crippen molar-refractivity contribution in [1.82, 2.24) is 13.5 Å². The Morgan fingerprint density at radius 1 is 0.375 bits per heavy atom. The van der Waals surface area contributed by atoms with E-state index >= 15 is 0 Å². The average Bonchev–Trinajstić information content (AvgIpc) is 3.97. The SMILES string of the molecule is [B]c1c(O)c([B])c(-n2c3ccccc3c3c4c5cccc6c7cc(-c8ccc9c(c8)c8ccccc8n9-c8ccccc8)ccc7n(c4ccc32)c65)c([B])c1O. The lowest BCUT2D eigenvalue weighted by molar-refractivity contribution is 0.463. The second-order valence-electron chi connectivity index (χ2n) is 14.7. The smallest absolute Gasteiger partial charge is 0.124 e. The van der Waals surface area contributed by atoms with Crippen LogP contribution in [0.25, 0.3) is 104 Å². The first-order valence-electron chi connectivity index (χ1n) is 18.5. The van der Waals surface area contributed by atoms with Crippen LogP contribution in [0.15, 0.2) is 146 Å². The number of phenols is 2. The Morgan fingerprint density at radius 2 is 0.893 bits per heavy atom. The fourth-order valence-corrected chi connectivity index (χ4v) is 9.47. The number of para-hydroxylation sites is 4. The minimum atomic E-state index is -0.399. The van der Waals surface area contributed by atoms with E-state index in [1.807, 2.05) is 22.8 Å². The summed E-state index contributed by atoms with van der Waals surface area (Å²) in [5.41, 5.74) is 10.9. The summed E-state index contributed by atoms with van der Waals surface area (Å²) in [6, 6.07) is 51.6. The van der Waals surface area contributed by atoms with E-state index in [0.29, 0.717) is 0 Å². The summed E-state index contributed by atoms with van der Waals surface area (Å²) in [4.78, 5) is 0. The maximum absolute atomic E-state index is 10.8. The lowest BCUT2D eigenvalue weighted by atomic mass is 9.76. The summed E-state index contributed by atoms with van der Waals surface area (Å²) in [6.07, 6.45) is 0. The Hall–Kier alpha value is -7.05. The Morgan fingerprint density at radius 3 is 1.62 bits per heavy atom. The topological polar surface area (TPSA) is 54.7 Å². The van der Waals surface area contributed by atoms with Gasteiger partial charge in [-0.1, -0.05) is 84.9 Å². The van der Waals surface area contributed by atoms with E-state index in [0.717, 1.165) is 65.9 Å². The van der Waals surface area contributed by atoms with E-state index in [1.54, 1.807) is 0 Å². The number of fused-ring (bicyclic) bond motifs is 13. The summed E-state index contributed by atoms with van der Waals surface area (Å²) in [5.74, 6) is -0.798. The zero-order chi connectivity index (χ0) is 37.6. The quantitative estimate of drug-likeness (QED) is 0.181. The zero-order valence-electron chi connectivity index (χ0n) is 29.8. The van der Waals surface area contributed by atoms with Gasteiger partial charge < -0.3 is 23.7 Å². The van der Waals surface area contributed by atoms with Crippen LogP contribution in [-0.4, -0.2) is 47.3 Å². The summed E-state index contributed by atoms with van der Waals surface area (Å²) in [7, 11) is 19.0. The van der Waals surface area contributed by atoms with Crippen LogP contribution in [0.2, 0.25) is 0 Å². The molecule has 6 radical (unpaired) electrons. The van der Waals surface area contributed by atoms with E-state index in [9.17, 15) is 10.2 Å². The van der Waals surface area contributed by atoms with Crippen molar-refractivity contribution in [1.29, 1.82) is 0 Å². The van der Waals surface area contributed by atoms with Gasteiger partial charge in [-0.15, -0.1) is 0 Å². The van der Waals surface area contributed by atoms with Crippen LogP contribution in [0, 0.1) is 0 Å². The van der Waals surface area contributed by atoms with Gasteiger partial charge in [0.1, 0.15) is 35.0 Å². The van der Waals surface area contributed by atoms with E-state index in [4.69, 9.17) is 23.5 Å². The minimum absolute atomic E-state index is 0.00258. The van der Waals surface area contributed by atoms with Gasteiger partial charge in [0.15, 0.2) is 0 Å². The molecule has 0 unspecified atom stereocenters. The number of hydrogen-bond acceptors (Lipinski definition) is 2. The van der Waals surface area contributed by atoms with Crippen LogP contribution >= 0.6 is 0 Å². The number of nitrogens with zero attached hydrogens (tertiary/aromatic N) is 3. The summed E-state index contributed by atoms with van der Waals surface area (Å²) in [5, 5.41) is 30.7. The predicted molar refractivity (Wildman–Crippen MR) is 235 cm³/mol. The van der Waals surface area contributed by atoms with Crippen molar-refractivity contribution in [3.05, 3.63) is 146 Å². The number of phenolic OH excluding ortho intramolecular Hbond substituents is 2. The van der Waals surface area contributed by atoms with Crippen LogP contribution in [-0.2, 0) is 0 Å². The van der Waals surface area contributed by atoms with Crippen molar-refractivity contribution >= 4 is 122 Å². The first-order valence-corrected chi connectivity index (χ1v) is 18.5. The van der Waals surface area contributed by atoms with Gasteiger partial charge in [0.2, 0.25) is 0 Å². The molecule has 2 N–H and O–H groups in total. The number of aromatic hydroxyl groups is 2. The molecule has 8 aromatic carbocycles. The second-order valence-corrected chi connectivity index (χ2v) is 14.7. The van der Waals surface area contributed by atoms with Gasteiger partial charge in [-0.3, -0.25) is 0 Å². The molecule has 0 aliphatic heterocycles. The maximum Gasteiger partial charge on any atom is 0.124 e. The van der Waals surface area contributed by atoms with Gasteiger partial charge >= 0.3 is 0 Å². The molecule has 12 rings (SSSR count). The first kappa shape index (κ1) is 31.3. The van der Waals surface area contributed by atoms with Gasteiger partial charge in [0.25, 0.3) is 0 Å². The van der Waals surface area contributed by atoms with Crippen LogP contribution in [0.4, 0.5) is 0 Å². The van der Waals surface area contributed by atoms with Gasteiger partial charge in [-0.2, -0.15) is 0 Å². The Kier molecular flexibility index (Phi) is 6.16. The number of benzene rings is 8. The van der Waals surface area contributed by atoms with Crippen molar-refractivity contribution in [2.24, 2.45) is 0 Å². The molecular formula is C48H26B3N3O2. The van der Waals surface area contributed by atoms with E-state index < -0.39 is 11.5 Å². The normalized spacial score (nSPS) is 12.3. The second kappa shape index (κ2) is 11.0. The maximum atomic E-state index is 10.8. The number of hydrogen-bond donors (Lipinski definition) is 2. The molecule has 0 atom stereocenters. The first-order chi connectivity index (χ1) is 27.4. The lowest BCUT2D eigenvalue weighted by Gasteiger charge is -2.20. The largest absolute Gasteiger partial charge is 0.509 e. The molecular weight excluding hydrogens is 683 g/mol. The Balaban J connectivity index is 1.11. The Bertz CT molecular complexity index is 3630. The molecule has 4 heterocycles. The fourth-order valence-electron chi connectivity index (χ4n) is 9.47. The minimum Gasteiger partial charge on any atom is -0.509 e. The third kappa shape index (κ3) is 3.88. The third-order valence-corrected chi connectivity index (χ3v) is 11.9. The van der Waals surface area contributed by atoms with Gasteiger partial charge in [0.05, 0.1) is 38.6 Å². The van der Waals surface area contributed by atoms with Crippen molar-refractivity contribution < 1.29 is 10.2 Å². The average molecular weight is 709 g/mol. The van der Waals surface area contributed by atoms with Crippen LogP contribution in [0.3, 0.4) is 0 Å². The molecule has 56 heavy (non-hydrogen) atoms. The lowest BCUT2D eigenvalue weighted by Crippen LogP contribution is -2.31.